The second kappa shape index (κ2) is 11.6. The van der Waals surface area contributed by atoms with Gasteiger partial charge in [0.05, 0.1) is 22.6 Å². The number of pyridine rings is 1. The van der Waals surface area contributed by atoms with Crippen LogP contribution in [0.25, 0.3) is 22.6 Å². The fraction of sp³-hybridized carbons (Fsp3) is 0.444. The van der Waals surface area contributed by atoms with E-state index in [4.69, 9.17) is 0 Å². The number of aromatic nitrogens is 7. The summed E-state index contributed by atoms with van der Waals surface area (Å²) < 4.78 is 66.3. The average Bonchev–Trinajstić information content (AvgIpc) is 3.50. The zero-order valence-electron chi connectivity index (χ0n) is 22.9. The number of hydrogen-bond acceptors (Lipinski definition) is 8. The van der Waals surface area contributed by atoms with E-state index < -0.39 is 31.3 Å². The summed E-state index contributed by atoms with van der Waals surface area (Å²) in [5, 5.41) is 25.2. The van der Waals surface area contributed by atoms with Crippen LogP contribution >= 0.6 is 0 Å². The van der Waals surface area contributed by atoms with Gasteiger partial charge in [-0.2, -0.15) is 23.4 Å². The topological polar surface area (TPSA) is 119 Å². The van der Waals surface area contributed by atoms with Crippen LogP contribution in [0.1, 0.15) is 38.3 Å². The molecule has 0 saturated heterocycles. The standard InChI is InChI=1S/C27H30F5N9O/c1-16-19(13-41(38-16)15-27(30,31)32)25-33-9-5-23(37-25)36-24-11-21(35-17-3-7-26(2,42)8-4-17)18(12-34-24)20-6-10-40(39-20)14-22(28)29/h5-6,9-13,17,22,42H,3-4,7-8,14-15H2,1-2H3,(H2,33,34,35,36,37). The van der Waals surface area contributed by atoms with Gasteiger partial charge in [0, 0.05) is 48.1 Å². The van der Waals surface area contributed by atoms with Gasteiger partial charge in [-0.1, -0.05) is 0 Å². The summed E-state index contributed by atoms with van der Waals surface area (Å²) >= 11 is 0. The third-order valence-electron chi connectivity index (χ3n) is 7.01. The number of nitrogens with one attached hydrogen (secondary N) is 2. The first kappa shape index (κ1) is 29.4. The Morgan fingerprint density at radius 1 is 1.07 bits per heavy atom. The molecule has 3 N–H and O–H groups in total. The van der Waals surface area contributed by atoms with Crippen LogP contribution in [0.2, 0.25) is 0 Å². The SMILES string of the molecule is Cc1nn(CC(F)(F)F)cc1-c1nccc(Nc2cc(NC3CCC(C)(O)CC3)c(-c3ccn(CC(F)F)n3)cn2)n1. The molecule has 0 bridgehead atoms. The van der Waals surface area contributed by atoms with Gasteiger partial charge in [-0.15, -0.1) is 0 Å². The van der Waals surface area contributed by atoms with Crippen molar-refractivity contribution in [3.8, 4) is 22.6 Å². The Hall–Kier alpha value is -4.14. The van der Waals surface area contributed by atoms with E-state index in [0.29, 0.717) is 52.7 Å². The van der Waals surface area contributed by atoms with E-state index >= 15 is 0 Å². The fourth-order valence-electron chi connectivity index (χ4n) is 4.89. The van der Waals surface area contributed by atoms with Crippen molar-refractivity contribution in [2.75, 3.05) is 10.6 Å². The lowest BCUT2D eigenvalue weighted by atomic mass is 9.83. The Morgan fingerprint density at radius 2 is 1.83 bits per heavy atom. The summed E-state index contributed by atoms with van der Waals surface area (Å²) in [6, 6.07) is 5.05. The van der Waals surface area contributed by atoms with E-state index in [1.165, 1.54) is 23.3 Å². The van der Waals surface area contributed by atoms with Crippen molar-refractivity contribution >= 4 is 17.3 Å². The number of hydrogen-bond donors (Lipinski definition) is 3. The van der Waals surface area contributed by atoms with Gasteiger partial charge < -0.3 is 15.7 Å². The molecule has 0 spiro atoms. The summed E-state index contributed by atoms with van der Waals surface area (Å²) in [5.74, 6) is 0.953. The fourth-order valence-corrected chi connectivity index (χ4v) is 4.89. The summed E-state index contributed by atoms with van der Waals surface area (Å²) in [6.45, 7) is 1.64. The minimum absolute atomic E-state index is 0.0595. The van der Waals surface area contributed by atoms with Crippen molar-refractivity contribution < 1.29 is 27.1 Å². The molecule has 0 radical (unpaired) electrons. The van der Waals surface area contributed by atoms with E-state index in [1.54, 1.807) is 31.3 Å². The lowest BCUT2D eigenvalue weighted by molar-refractivity contribution is -0.142. The van der Waals surface area contributed by atoms with Crippen molar-refractivity contribution in [1.82, 2.24) is 34.5 Å². The zero-order valence-corrected chi connectivity index (χ0v) is 22.9. The number of nitrogens with zero attached hydrogens (tertiary/aromatic N) is 7. The van der Waals surface area contributed by atoms with E-state index in [1.807, 2.05) is 6.92 Å². The minimum atomic E-state index is -4.42. The van der Waals surface area contributed by atoms with E-state index in [9.17, 15) is 27.1 Å². The Bertz CT molecular complexity index is 1520. The zero-order chi connectivity index (χ0) is 30.1. The predicted octanol–water partition coefficient (Wildman–Crippen LogP) is 5.58. The van der Waals surface area contributed by atoms with Crippen LogP contribution in [0, 0.1) is 6.92 Å². The van der Waals surface area contributed by atoms with Crippen molar-refractivity contribution in [3.05, 3.63) is 48.7 Å². The number of rotatable bonds is 9. The third-order valence-corrected chi connectivity index (χ3v) is 7.01. The molecule has 0 aliphatic heterocycles. The number of anilines is 3. The second-order valence-electron chi connectivity index (χ2n) is 10.7. The highest BCUT2D eigenvalue weighted by molar-refractivity contribution is 5.78. The molecule has 5 rings (SSSR count). The molecule has 10 nitrogen and oxygen atoms in total. The number of aliphatic hydroxyl groups is 1. The summed E-state index contributed by atoms with van der Waals surface area (Å²) in [7, 11) is 0. The van der Waals surface area contributed by atoms with Crippen LogP contribution in [-0.2, 0) is 13.1 Å². The molecule has 4 aromatic rings. The monoisotopic (exact) mass is 591 g/mol. The van der Waals surface area contributed by atoms with Gasteiger partial charge in [0.15, 0.2) is 5.82 Å². The highest BCUT2D eigenvalue weighted by atomic mass is 19.4. The van der Waals surface area contributed by atoms with Gasteiger partial charge >= 0.3 is 6.18 Å². The Morgan fingerprint density at radius 3 is 2.55 bits per heavy atom. The maximum Gasteiger partial charge on any atom is 0.408 e. The van der Waals surface area contributed by atoms with Crippen LogP contribution in [0.5, 0.6) is 0 Å². The number of aryl methyl sites for hydroxylation is 1. The first-order valence-electron chi connectivity index (χ1n) is 13.4. The average molecular weight is 592 g/mol. The van der Waals surface area contributed by atoms with Gasteiger partial charge in [-0.05, 0) is 51.7 Å². The Balaban J connectivity index is 1.41. The highest BCUT2D eigenvalue weighted by Gasteiger charge is 2.30. The maximum absolute atomic E-state index is 12.9. The molecule has 4 aromatic heterocycles. The van der Waals surface area contributed by atoms with Crippen molar-refractivity contribution in [2.45, 2.75) is 76.9 Å². The molecule has 42 heavy (non-hydrogen) atoms. The third kappa shape index (κ3) is 7.38. The van der Waals surface area contributed by atoms with E-state index in [-0.39, 0.29) is 11.9 Å². The van der Waals surface area contributed by atoms with Crippen LogP contribution in [-0.4, -0.2) is 63.9 Å². The van der Waals surface area contributed by atoms with Gasteiger partial charge in [0.25, 0.3) is 6.43 Å². The van der Waals surface area contributed by atoms with E-state index in [2.05, 4.69) is 35.8 Å². The van der Waals surface area contributed by atoms with Crippen molar-refractivity contribution in [2.24, 2.45) is 0 Å². The lowest BCUT2D eigenvalue weighted by Gasteiger charge is -2.34. The van der Waals surface area contributed by atoms with Crippen molar-refractivity contribution in [3.63, 3.8) is 0 Å². The molecule has 4 heterocycles. The lowest BCUT2D eigenvalue weighted by Crippen LogP contribution is -2.35. The molecule has 224 valence electrons. The maximum atomic E-state index is 12.9. The number of alkyl halides is 5. The van der Waals surface area contributed by atoms with Crippen molar-refractivity contribution in [1.29, 1.82) is 0 Å². The first-order valence-corrected chi connectivity index (χ1v) is 13.4. The van der Waals surface area contributed by atoms with Gasteiger partial charge in [0.1, 0.15) is 24.7 Å². The van der Waals surface area contributed by atoms with Crippen LogP contribution in [0.3, 0.4) is 0 Å². The van der Waals surface area contributed by atoms with Gasteiger partial charge in [-0.25, -0.2) is 23.7 Å². The smallest absolute Gasteiger partial charge is 0.390 e. The predicted molar refractivity (Wildman–Crippen MR) is 145 cm³/mol. The Labute approximate surface area is 238 Å². The normalized spacial score (nSPS) is 19.3. The molecule has 1 saturated carbocycles. The van der Waals surface area contributed by atoms with Crippen LogP contribution < -0.4 is 10.6 Å². The molecule has 0 atom stereocenters. The highest BCUT2D eigenvalue weighted by Crippen LogP contribution is 2.34. The molecule has 15 heteroatoms. The molecule has 1 aliphatic rings. The van der Waals surface area contributed by atoms with Gasteiger partial charge in [0.2, 0.25) is 0 Å². The first-order chi connectivity index (χ1) is 19.8. The van der Waals surface area contributed by atoms with Crippen LogP contribution in [0.4, 0.5) is 39.3 Å². The minimum Gasteiger partial charge on any atom is -0.390 e. The molecular weight excluding hydrogens is 561 g/mol. The van der Waals surface area contributed by atoms with Crippen LogP contribution in [0.15, 0.2) is 43.0 Å². The summed E-state index contributed by atoms with van der Waals surface area (Å²) in [6.07, 6.45) is 1.54. The molecule has 1 fully saturated rings. The number of halogens is 5. The summed E-state index contributed by atoms with van der Waals surface area (Å²) in [4.78, 5) is 13.1. The quantitative estimate of drug-likeness (QED) is 0.216. The summed E-state index contributed by atoms with van der Waals surface area (Å²) in [5.41, 5.74) is 1.74. The molecule has 1 aliphatic carbocycles. The molecule has 0 aromatic carbocycles. The molecule has 0 amide bonds. The van der Waals surface area contributed by atoms with Gasteiger partial charge in [-0.3, -0.25) is 9.36 Å². The van der Waals surface area contributed by atoms with E-state index in [0.717, 1.165) is 17.5 Å². The Kier molecular flexibility index (Phi) is 8.12. The largest absolute Gasteiger partial charge is 0.408 e. The molecule has 0 unspecified atom stereocenters. The second-order valence-corrected chi connectivity index (χ2v) is 10.7. The molecular formula is C27H30F5N9O.